The van der Waals surface area contributed by atoms with E-state index in [2.05, 4.69) is 10.3 Å². The fourth-order valence-electron chi connectivity index (χ4n) is 2.85. The average molecular weight is 330 g/mol. The van der Waals surface area contributed by atoms with Crippen molar-refractivity contribution in [2.75, 3.05) is 0 Å². The highest BCUT2D eigenvalue weighted by Crippen LogP contribution is 2.29. The van der Waals surface area contributed by atoms with E-state index in [1.807, 2.05) is 0 Å². The molecule has 1 aliphatic rings. The number of rotatable bonds is 4. The molecule has 1 heterocycles. The summed E-state index contributed by atoms with van der Waals surface area (Å²) < 4.78 is 37.7. The molecule has 0 radical (unpaired) electrons. The minimum Gasteiger partial charge on any atom is -0.480 e. The number of pyridine rings is 1. The minimum atomic E-state index is -4.59. The summed E-state index contributed by atoms with van der Waals surface area (Å²) in [7, 11) is 0. The van der Waals surface area contributed by atoms with Gasteiger partial charge in [-0.3, -0.25) is 4.79 Å². The van der Waals surface area contributed by atoms with Gasteiger partial charge in [0, 0.05) is 0 Å². The summed E-state index contributed by atoms with van der Waals surface area (Å²) in [6, 6.07) is 0.702. The van der Waals surface area contributed by atoms with Gasteiger partial charge in [-0.15, -0.1) is 0 Å². The first kappa shape index (κ1) is 17.2. The summed E-state index contributed by atoms with van der Waals surface area (Å²) in [5.74, 6) is -2.01. The maximum atomic E-state index is 12.6. The van der Waals surface area contributed by atoms with Crippen LogP contribution in [0.15, 0.2) is 12.1 Å². The first-order chi connectivity index (χ1) is 10.7. The molecule has 0 aromatic carbocycles. The molecule has 126 valence electrons. The van der Waals surface area contributed by atoms with Crippen molar-refractivity contribution in [3.05, 3.63) is 29.1 Å². The molecular formula is C15H17F3N2O3. The predicted octanol–water partition coefficient (Wildman–Crippen LogP) is 2.78. The lowest BCUT2D eigenvalue weighted by Gasteiger charge is -2.21. The molecule has 0 aliphatic heterocycles. The number of carbonyl (C=O) groups excluding carboxylic acids is 1. The number of carboxylic acid groups (broad SMARTS) is 1. The van der Waals surface area contributed by atoms with Gasteiger partial charge in [0.2, 0.25) is 0 Å². The van der Waals surface area contributed by atoms with Crippen LogP contribution in [0.25, 0.3) is 0 Å². The molecule has 1 aromatic rings. The number of aliphatic carboxylic acids is 1. The Bertz CT molecular complexity index is 610. The van der Waals surface area contributed by atoms with Crippen LogP contribution in [0, 0.1) is 12.8 Å². The molecular weight excluding hydrogens is 313 g/mol. The van der Waals surface area contributed by atoms with Crippen molar-refractivity contribution in [1.29, 1.82) is 0 Å². The van der Waals surface area contributed by atoms with Crippen molar-refractivity contribution in [2.24, 2.45) is 5.92 Å². The zero-order chi connectivity index (χ0) is 17.2. The Kier molecular flexibility index (Phi) is 4.91. The van der Waals surface area contributed by atoms with E-state index in [4.69, 9.17) is 0 Å². The largest absolute Gasteiger partial charge is 0.480 e. The molecule has 8 heteroatoms. The third kappa shape index (κ3) is 4.00. The molecule has 5 nitrogen and oxygen atoms in total. The molecule has 2 rings (SSSR count). The van der Waals surface area contributed by atoms with E-state index in [9.17, 15) is 27.9 Å². The molecule has 1 aliphatic carbocycles. The highest BCUT2D eigenvalue weighted by molar-refractivity contribution is 5.97. The number of alkyl halides is 3. The van der Waals surface area contributed by atoms with Gasteiger partial charge in [0.1, 0.15) is 11.7 Å². The van der Waals surface area contributed by atoms with Gasteiger partial charge >= 0.3 is 12.1 Å². The number of hydrogen-bond acceptors (Lipinski definition) is 3. The van der Waals surface area contributed by atoms with Gasteiger partial charge in [-0.2, -0.15) is 13.2 Å². The second-order valence-electron chi connectivity index (χ2n) is 5.66. The van der Waals surface area contributed by atoms with Crippen LogP contribution in [0.5, 0.6) is 0 Å². The van der Waals surface area contributed by atoms with E-state index in [1.165, 1.54) is 6.92 Å². The molecule has 1 atom stereocenters. The van der Waals surface area contributed by atoms with Crippen LogP contribution >= 0.6 is 0 Å². The topological polar surface area (TPSA) is 79.3 Å². The molecule has 0 saturated heterocycles. The van der Waals surface area contributed by atoms with E-state index < -0.39 is 29.8 Å². The van der Waals surface area contributed by atoms with Crippen LogP contribution in [-0.2, 0) is 11.0 Å². The minimum absolute atomic E-state index is 0.0535. The summed E-state index contributed by atoms with van der Waals surface area (Å²) in [6.45, 7) is 1.29. The first-order valence-corrected chi connectivity index (χ1v) is 7.28. The number of carbonyl (C=O) groups is 2. The molecule has 1 saturated carbocycles. The Labute approximate surface area is 130 Å². The van der Waals surface area contributed by atoms with Crippen LogP contribution in [-0.4, -0.2) is 28.0 Å². The second kappa shape index (κ2) is 6.55. The molecule has 1 fully saturated rings. The normalized spacial score (nSPS) is 17.0. The SMILES string of the molecule is Cc1nc(C(F)(F)F)ccc1C(=O)NC(C(=O)O)C1CCCC1. The number of amides is 1. The number of aryl methyl sites for hydroxylation is 1. The van der Waals surface area contributed by atoms with Crippen LogP contribution in [0.2, 0.25) is 0 Å². The summed E-state index contributed by atoms with van der Waals surface area (Å²) >= 11 is 0. The quantitative estimate of drug-likeness (QED) is 0.890. The van der Waals surface area contributed by atoms with Crippen molar-refractivity contribution in [3.8, 4) is 0 Å². The third-order valence-corrected chi connectivity index (χ3v) is 4.04. The van der Waals surface area contributed by atoms with Crippen molar-refractivity contribution >= 4 is 11.9 Å². The Morgan fingerprint density at radius 3 is 2.39 bits per heavy atom. The van der Waals surface area contributed by atoms with Crippen LogP contribution in [0.4, 0.5) is 13.2 Å². The van der Waals surface area contributed by atoms with Gasteiger partial charge < -0.3 is 10.4 Å². The fourth-order valence-corrected chi connectivity index (χ4v) is 2.85. The second-order valence-corrected chi connectivity index (χ2v) is 5.66. The Morgan fingerprint density at radius 1 is 1.30 bits per heavy atom. The third-order valence-electron chi connectivity index (χ3n) is 4.04. The van der Waals surface area contributed by atoms with Crippen molar-refractivity contribution in [3.63, 3.8) is 0 Å². The molecule has 0 spiro atoms. The molecule has 23 heavy (non-hydrogen) atoms. The monoisotopic (exact) mass is 330 g/mol. The van der Waals surface area contributed by atoms with Gasteiger partial charge in [0.05, 0.1) is 11.3 Å². The molecule has 1 amide bonds. The van der Waals surface area contributed by atoms with E-state index in [1.54, 1.807) is 0 Å². The zero-order valence-corrected chi connectivity index (χ0v) is 12.5. The average Bonchev–Trinajstić information content (AvgIpc) is 2.96. The molecule has 2 N–H and O–H groups in total. The van der Waals surface area contributed by atoms with Crippen molar-refractivity contribution in [2.45, 2.75) is 44.8 Å². The lowest BCUT2D eigenvalue weighted by atomic mass is 9.97. The first-order valence-electron chi connectivity index (χ1n) is 7.28. The number of nitrogens with zero attached hydrogens (tertiary/aromatic N) is 1. The number of carboxylic acids is 1. The molecule has 1 unspecified atom stereocenters. The van der Waals surface area contributed by atoms with Crippen LogP contribution in [0.3, 0.4) is 0 Å². The molecule has 0 bridgehead atoms. The van der Waals surface area contributed by atoms with Crippen LogP contribution in [0.1, 0.15) is 47.4 Å². The Hall–Kier alpha value is -2.12. The summed E-state index contributed by atoms with van der Waals surface area (Å²) in [6.07, 6.45) is -1.35. The molecule has 1 aromatic heterocycles. The number of halogens is 3. The predicted molar refractivity (Wildman–Crippen MR) is 74.8 cm³/mol. The number of hydrogen-bond donors (Lipinski definition) is 2. The van der Waals surface area contributed by atoms with Crippen LogP contribution < -0.4 is 5.32 Å². The maximum Gasteiger partial charge on any atom is 0.433 e. The maximum absolute atomic E-state index is 12.6. The standard InChI is InChI=1S/C15H17F3N2O3/c1-8-10(6-7-11(19-8)15(16,17)18)13(21)20-12(14(22)23)9-4-2-3-5-9/h6-7,9,12H,2-5H2,1H3,(H,20,21)(H,22,23). The van der Waals surface area contributed by atoms with Gasteiger partial charge in [0.25, 0.3) is 5.91 Å². The Balaban J connectivity index is 2.17. The van der Waals surface area contributed by atoms with E-state index >= 15 is 0 Å². The smallest absolute Gasteiger partial charge is 0.433 e. The summed E-state index contributed by atoms with van der Waals surface area (Å²) in [4.78, 5) is 26.9. The van der Waals surface area contributed by atoms with Gasteiger partial charge in [0.15, 0.2) is 0 Å². The highest BCUT2D eigenvalue weighted by Gasteiger charge is 2.34. The summed E-state index contributed by atoms with van der Waals surface area (Å²) in [5, 5.41) is 11.7. The lowest BCUT2D eigenvalue weighted by molar-refractivity contribution is -0.141. The van der Waals surface area contributed by atoms with E-state index in [-0.39, 0.29) is 17.2 Å². The Morgan fingerprint density at radius 2 is 1.91 bits per heavy atom. The number of nitrogens with one attached hydrogen (secondary N) is 1. The van der Waals surface area contributed by atoms with Crippen molar-refractivity contribution in [1.82, 2.24) is 10.3 Å². The van der Waals surface area contributed by atoms with E-state index in [0.29, 0.717) is 18.9 Å². The lowest BCUT2D eigenvalue weighted by Crippen LogP contribution is -2.45. The fraction of sp³-hybridized carbons (Fsp3) is 0.533. The van der Waals surface area contributed by atoms with Crippen molar-refractivity contribution < 1.29 is 27.9 Å². The van der Waals surface area contributed by atoms with Gasteiger partial charge in [-0.1, -0.05) is 12.8 Å². The number of aromatic nitrogens is 1. The van der Waals surface area contributed by atoms with Gasteiger partial charge in [-0.05, 0) is 37.8 Å². The zero-order valence-electron chi connectivity index (χ0n) is 12.5. The van der Waals surface area contributed by atoms with Gasteiger partial charge in [-0.25, -0.2) is 9.78 Å². The summed E-state index contributed by atoms with van der Waals surface area (Å²) in [5.41, 5.74) is -1.23. The van der Waals surface area contributed by atoms with E-state index in [0.717, 1.165) is 18.9 Å². The highest BCUT2D eigenvalue weighted by atomic mass is 19.4.